The van der Waals surface area contributed by atoms with Gasteiger partial charge in [0.2, 0.25) is 0 Å². The zero-order valence-corrected chi connectivity index (χ0v) is 34.1. The van der Waals surface area contributed by atoms with Crippen LogP contribution >= 0.6 is 11.8 Å². The number of thioether (sulfide) groups is 1. The Morgan fingerprint density at radius 1 is 0.593 bits per heavy atom. The summed E-state index contributed by atoms with van der Waals surface area (Å²) in [7, 11) is 0. The monoisotopic (exact) mass is 806 g/mol. The first-order valence-corrected chi connectivity index (χ1v) is 22.2. The molecule has 6 heterocycles. The Kier molecular flexibility index (Phi) is 11.6. The Morgan fingerprint density at radius 3 is 1.69 bits per heavy atom. The molecule has 1 N–H and O–H groups in total. The second-order valence-electron chi connectivity index (χ2n) is 16.9. The van der Waals surface area contributed by atoms with E-state index in [1.807, 2.05) is 67.6 Å². The molecule has 0 unspecified atom stereocenters. The first kappa shape index (κ1) is 39.1. The molecule has 0 saturated heterocycles. The van der Waals surface area contributed by atoms with Gasteiger partial charge in [-0.25, -0.2) is 19.9 Å². The first-order valence-electron chi connectivity index (χ1n) is 21.0. The lowest BCUT2D eigenvalue weighted by Gasteiger charge is -2.16. The first-order chi connectivity index (χ1) is 28.9. The highest BCUT2D eigenvalue weighted by Crippen LogP contribution is 2.60. The van der Waals surface area contributed by atoms with Crippen LogP contribution in [0.5, 0.6) is 0 Å². The highest BCUT2D eigenvalue weighted by molar-refractivity contribution is 7.98. The van der Waals surface area contributed by atoms with Crippen molar-refractivity contribution in [1.82, 2.24) is 39.0 Å². The number of hydrogen-bond donors (Lipinski definition) is 1. The largest absolute Gasteiger partial charge is 0.393 e. The number of aliphatic hydroxyl groups is 1. The van der Waals surface area contributed by atoms with E-state index in [-0.39, 0.29) is 23.1 Å². The fourth-order valence-corrected chi connectivity index (χ4v) is 9.77. The summed E-state index contributed by atoms with van der Waals surface area (Å²) in [6.45, 7) is 0. The van der Waals surface area contributed by atoms with Crippen molar-refractivity contribution in [2.75, 3.05) is 6.26 Å². The average molecular weight is 807 g/mol. The maximum atomic E-state index is 12.0. The lowest BCUT2D eigenvalue weighted by molar-refractivity contribution is 0.130. The number of rotatable bonds is 12. The highest BCUT2D eigenvalue weighted by atomic mass is 32.2. The topological polar surface area (TPSA) is 142 Å². The van der Waals surface area contributed by atoms with Gasteiger partial charge < -0.3 is 5.11 Å². The molecular weight excluding hydrogens is 757 g/mol. The number of aromatic nitrogens is 8. The van der Waals surface area contributed by atoms with Gasteiger partial charge in [-0.05, 0) is 141 Å². The van der Waals surface area contributed by atoms with Crippen molar-refractivity contribution < 1.29 is 5.11 Å². The predicted octanol–water partition coefficient (Wildman–Crippen LogP) is 6.87. The third-order valence-corrected chi connectivity index (χ3v) is 13.5. The molecule has 12 heteroatoms. The van der Waals surface area contributed by atoms with Crippen molar-refractivity contribution >= 4 is 11.8 Å². The van der Waals surface area contributed by atoms with E-state index in [2.05, 4.69) is 36.0 Å². The predicted molar refractivity (Wildman–Crippen MR) is 228 cm³/mol. The molecule has 11 nitrogen and oxygen atoms in total. The summed E-state index contributed by atoms with van der Waals surface area (Å²) in [5.74, 6) is 6.21. The SMILES string of the molecule is CSc1cnc(C[C@@H]2C[C@@H](Cc3ccc(-n4ccccc4=O)cn3)[C@H]3C[C@@H]23)nc1.O=c1ccccn1-c1ccc(C[C@H]2C[C@@H](Cc3ncc(C4CC4)cn3)C[C@H]2O)nc1. The Morgan fingerprint density at radius 2 is 1.15 bits per heavy atom. The van der Waals surface area contributed by atoms with Gasteiger partial charge in [0, 0.05) is 78.4 Å². The van der Waals surface area contributed by atoms with Crippen LogP contribution in [0, 0.1) is 35.5 Å². The van der Waals surface area contributed by atoms with Gasteiger partial charge in [0.1, 0.15) is 11.6 Å². The zero-order chi connectivity index (χ0) is 40.3. The lowest BCUT2D eigenvalue weighted by Crippen LogP contribution is -2.17. The maximum Gasteiger partial charge on any atom is 0.255 e. The van der Waals surface area contributed by atoms with E-state index in [0.29, 0.717) is 23.7 Å². The van der Waals surface area contributed by atoms with Gasteiger partial charge in [-0.1, -0.05) is 12.1 Å². The lowest BCUT2D eigenvalue weighted by atomic mass is 9.91. The highest BCUT2D eigenvalue weighted by Gasteiger charge is 2.53. The molecule has 0 spiro atoms. The normalized spacial score (nSPS) is 24.3. The van der Waals surface area contributed by atoms with Crippen LogP contribution in [0.25, 0.3) is 11.4 Å². The van der Waals surface area contributed by atoms with Gasteiger partial charge in [-0.15, -0.1) is 11.8 Å². The summed E-state index contributed by atoms with van der Waals surface area (Å²) < 4.78 is 3.20. The second kappa shape index (κ2) is 17.5. The Balaban J connectivity index is 0.000000152. The van der Waals surface area contributed by atoms with Crippen LogP contribution in [-0.2, 0) is 25.7 Å². The van der Waals surface area contributed by atoms with E-state index in [1.54, 1.807) is 57.7 Å². The van der Waals surface area contributed by atoms with Crippen LogP contribution in [0.15, 0.2) is 125 Å². The van der Waals surface area contributed by atoms with Crippen molar-refractivity contribution in [3.05, 3.63) is 160 Å². The smallest absolute Gasteiger partial charge is 0.255 e. The minimum atomic E-state index is -0.320. The molecule has 0 amide bonds. The van der Waals surface area contributed by atoms with Gasteiger partial charge in [0.25, 0.3) is 11.1 Å². The summed E-state index contributed by atoms with van der Waals surface area (Å²) in [5.41, 5.74) is 4.78. The third-order valence-electron chi connectivity index (χ3n) is 12.8. The summed E-state index contributed by atoms with van der Waals surface area (Å²) in [4.78, 5) is 52.4. The quantitative estimate of drug-likeness (QED) is 0.130. The molecule has 4 saturated carbocycles. The van der Waals surface area contributed by atoms with Gasteiger partial charge in [-0.3, -0.25) is 28.7 Å². The van der Waals surface area contributed by atoms with Crippen LogP contribution in [0.4, 0.5) is 0 Å². The number of pyridine rings is 4. The standard InChI is InChI=1S/C24H26N4O2.C23H24N4OS/c29-22-10-16(11-23-26-13-19(14-27-23)17-4-5-17)9-18(22)12-20-6-7-21(15-25-20)28-8-2-1-3-24(28)30;1-29-19-13-25-22(26-14-19)10-16-8-15(20-11-21(16)20)9-17-5-6-18(12-24-17)27-7-3-2-4-23(27)28/h1-3,6-8,13-18,22,29H,4-5,9-12H2;2-7,12-16,20-21H,8-11H2,1H3/t16-,18-,22-;15-,16-,20+,21-/m10/s1. The summed E-state index contributed by atoms with van der Waals surface area (Å²) in [6, 6.07) is 18.2. The Hall–Kier alpha value is -5.33. The average Bonchev–Trinajstić information content (AvgIpc) is 4.20. The molecule has 10 rings (SSSR count). The summed E-state index contributed by atoms with van der Waals surface area (Å²) >= 11 is 1.68. The zero-order valence-electron chi connectivity index (χ0n) is 33.3. The maximum absolute atomic E-state index is 12.0. The number of nitrogens with zero attached hydrogens (tertiary/aromatic N) is 8. The van der Waals surface area contributed by atoms with Crippen molar-refractivity contribution in [3.8, 4) is 11.4 Å². The Labute approximate surface area is 348 Å². The fraction of sp³-hybridized carbons (Fsp3) is 0.404. The van der Waals surface area contributed by atoms with Crippen LogP contribution in [0.2, 0.25) is 0 Å². The third kappa shape index (κ3) is 9.44. The molecule has 0 radical (unpaired) electrons. The molecule has 7 atom stereocenters. The minimum Gasteiger partial charge on any atom is -0.393 e. The molecule has 4 aliphatic carbocycles. The van der Waals surface area contributed by atoms with E-state index in [9.17, 15) is 14.7 Å². The van der Waals surface area contributed by atoms with E-state index in [1.165, 1.54) is 37.3 Å². The molecule has 6 aromatic rings. The van der Waals surface area contributed by atoms with Crippen molar-refractivity contribution in [1.29, 1.82) is 0 Å². The number of aliphatic hydroxyl groups excluding tert-OH is 1. The molecular formula is C47H50N8O3S. The number of fused-ring (bicyclic) bond motifs is 1. The molecule has 4 fully saturated rings. The number of hydrogen-bond acceptors (Lipinski definition) is 10. The summed E-state index contributed by atoms with van der Waals surface area (Å²) in [5, 5.41) is 10.6. The van der Waals surface area contributed by atoms with E-state index in [0.717, 1.165) is 89.7 Å². The van der Waals surface area contributed by atoms with Gasteiger partial charge in [-0.2, -0.15) is 0 Å². The molecule has 0 bridgehead atoms. The fourth-order valence-electron chi connectivity index (χ4n) is 9.45. The molecule has 4 aliphatic rings. The van der Waals surface area contributed by atoms with Gasteiger partial charge >= 0.3 is 0 Å². The van der Waals surface area contributed by atoms with E-state index in [4.69, 9.17) is 0 Å². The van der Waals surface area contributed by atoms with E-state index < -0.39 is 0 Å². The Bertz CT molecular complexity index is 2450. The van der Waals surface area contributed by atoms with E-state index >= 15 is 0 Å². The molecule has 0 aromatic carbocycles. The van der Waals surface area contributed by atoms with Gasteiger partial charge in [0.15, 0.2) is 0 Å². The molecule has 0 aliphatic heterocycles. The van der Waals surface area contributed by atoms with Crippen LogP contribution in [-0.4, -0.2) is 56.5 Å². The van der Waals surface area contributed by atoms with Crippen molar-refractivity contribution in [3.63, 3.8) is 0 Å². The van der Waals surface area contributed by atoms with Crippen LogP contribution in [0.3, 0.4) is 0 Å². The van der Waals surface area contributed by atoms with Crippen LogP contribution in [0.1, 0.15) is 73.0 Å². The van der Waals surface area contributed by atoms with Crippen molar-refractivity contribution in [2.45, 2.75) is 81.1 Å². The molecule has 59 heavy (non-hydrogen) atoms. The second-order valence-corrected chi connectivity index (χ2v) is 17.8. The van der Waals surface area contributed by atoms with Gasteiger partial charge in [0.05, 0.1) is 29.9 Å². The van der Waals surface area contributed by atoms with Crippen molar-refractivity contribution in [2.24, 2.45) is 35.5 Å². The molecule has 6 aromatic heterocycles. The minimum absolute atomic E-state index is 0.0331. The van der Waals surface area contributed by atoms with Crippen LogP contribution < -0.4 is 11.1 Å². The summed E-state index contributed by atoms with van der Waals surface area (Å²) in [6.07, 6.45) is 27.0. The molecule has 302 valence electrons.